The van der Waals surface area contributed by atoms with Gasteiger partial charge in [-0.05, 0) is 36.4 Å². The lowest BCUT2D eigenvalue weighted by Crippen LogP contribution is -2.25. The molecular formula is C11H16BrNOS. The second-order valence-electron chi connectivity index (χ2n) is 3.38. The van der Waals surface area contributed by atoms with E-state index in [1.165, 1.54) is 5.56 Å². The number of ether oxygens (including phenoxy) is 1. The predicted octanol–water partition coefficient (Wildman–Crippen LogP) is 2.69. The summed E-state index contributed by atoms with van der Waals surface area (Å²) >= 11 is 5.29. The number of rotatable bonds is 5. The number of benzene rings is 1. The van der Waals surface area contributed by atoms with Gasteiger partial charge < -0.3 is 10.5 Å². The molecule has 1 unspecified atom stereocenters. The Hall–Kier alpha value is -0.190. The van der Waals surface area contributed by atoms with Crippen LogP contribution in [0.15, 0.2) is 22.7 Å². The van der Waals surface area contributed by atoms with Crippen molar-refractivity contribution in [1.82, 2.24) is 0 Å². The third-order valence-corrected chi connectivity index (χ3v) is 3.65. The van der Waals surface area contributed by atoms with Crippen LogP contribution in [0.4, 0.5) is 0 Å². The van der Waals surface area contributed by atoms with Crippen molar-refractivity contribution >= 4 is 27.7 Å². The van der Waals surface area contributed by atoms with E-state index in [-0.39, 0.29) is 6.04 Å². The first kappa shape index (κ1) is 12.9. The standard InChI is InChI=1S/C11H16BrNOS/c1-14-10-3-4-11(12)8(6-10)5-9(13)7-15-2/h3-4,6,9H,5,7,13H2,1-2H3. The Labute approximate surface area is 104 Å². The molecule has 0 aliphatic rings. The van der Waals surface area contributed by atoms with Crippen LogP contribution >= 0.6 is 27.7 Å². The van der Waals surface area contributed by atoms with Crippen molar-refractivity contribution in [2.24, 2.45) is 5.73 Å². The summed E-state index contributed by atoms with van der Waals surface area (Å²) < 4.78 is 6.28. The fraction of sp³-hybridized carbons (Fsp3) is 0.455. The van der Waals surface area contributed by atoms with Crippen LogP contribution in [-0.4, -0.2) is 25.2 Å². The van der Waals surface area contributed by atoms with Gasteiger partial charge in [-0.15, -0.1) is 0 Å². The number of hydrogen-bond donors (Lipinski definition) is 1. The monoisotopic (exact) mass is 289 g/mol. The smallest absolute Gasteiger partial charge is 0.119 e. The molecule has 2 N–H and O–H groups in total. The first-order valence-corrected chi connectivity index (χ1v) is 6.93. The normalized spacial score (nSPS) is 12.5. The summed E-state index contributed by atoms with van der Waals surface area (Å²) in [5.41, 5.74) is 7.20. The van der Waals surface area contributed by atoms with Crippen molar-refractivity contribution in [1.29, 1.82) is 0 Å². The molecule has 0 aliphatic heterocycles. The van der Waals surface area contributed by atoms with Gasteiger partial charge in [-0.1, -0.05) is 15.9 Å². The van der Waals surface area contributed by atoms with Crippen LogP contribution in [0.25, 0.3) is 0 Å². The van der Waals surface area contributed by atoms with Crippen molar-refractivity contribution in [3.05, 3.63) is 28.2 Å². The molecule has 15 heavy (non-hydrogen) atoms. The van der Waals surface area contributed by atoms with Crippen LogP contribution in [-0.2, 0) is 6.42 Å². The average Bonchev–Trinajstić information content (AvgIpc) is 2.21. The van der Waals surface area contributed by atoms with Crippen molar-refractivity contribution in [3.63, 3.8) is 0 Å². The topological polar surface area (TPSA) is 35.2 Å². The number of thioether (sulfide) groups is 1. The molecule has 0 fully saturated rings. The average molecular weight is 290 g/mol. The highest BCUT2D eigenvalue weighted by Gasteiger charge is 2.07. The molecule has 0 radical (unpaired) electrons. The molecule has 0 heterocycles. The van der Waals surface area contributed by atoms with Crippen molar-refractivity contribution in [3.8, 4) is 5.75 Å². The molecule has 0 bridgehead atoms. The highest BCUT2D eigenvalue weighted by Crippen LogP contribution is 2.23. The summed E-state index contributed by atoms with van der Waals surface area (Å²) in [7, 11) is 1.68. The molecule has 4 heteroatoms. The Kier molecular flexibility index (Phi) is 5.50. The first-order valence-electron chi connectivity index (χ1n) is 4.74. The maximum Gasteiger partial charge on any atom is 0.119 e. The zero-order chi connectivity index (χ0) is 11.3. The van der Waals surface area contributed by atoms with Gasteiger partial charge in [-0.3, -0.25) is 0 Å². The van der Waals surface area contributed by atoms with E-state index in [0.717, 1.165) is 22.4 Å². The Morgan fingerprint density at radius 1 is 1.53 bits per heavy atom. The lowest BCUT2D eigenvalue weighted by atomic mass is 10.1. The van der Waals surface area contributed by atoms with Gasteiger partial charge in [0.1, 0.15) is 5.75 Å². The molecule has 84 valence electrons. The minimum absolute atomic E-state index is 0.198. The summed E-state index contributed by atoms with van der Waals surface area (Å²) in [6.45, 7) is 0. The van der Waals surface area contributed by atoms with Crippen LogP contribution in [0.1, 0.15) is 5.56 Å². The van der Waals surface area contributed by atoms with E-state index in [1.807, 2.05) is 18.2 Å². The molecule has 0 amide bonds. The Morgan fingerprint density at radius 3 is 2.87 bits per heavy atom. The summed E-state index contributed by atoms with van der Waals surface area (Å²) in [5, 5.41) is 0. The maximum atomic E-state index is 5.99. The number of methoxy groups -OCH3 is 1. The predicted molar refractivity (Wildman–Crippen MR) is 70.8 cm³/mol. The summed E-state index contributed by atoms with van der Waals surface area (Å²) in [5.74, 6) is 1.86. The molecule has 1 aromatic rings. The summed E-state index contributed by atoms with van der Waals surface area (Å²) in [4.78, 5) is 0. The van der Waals surface area contributed by atoms with E-state index >= 15 is 0 Å². The zero-order valence-corrected chi connectivity index (χ0v) is 11.4. The largest absolute Gasteiger partial charge is 0.497 e. The number of halogens is 1. The molecule has 0 saturated carbocycles. The minimum Gasteiger partial charge on any atom is -0.497 e. The van der Waals surface area contributed by atoms with Crippen LogP contribution in [0.5, 0.6) is 5.75 Å². The molecule has 0 saturated heterocycles. The van der Waals surface area contributed by atoms with Crippen LogP contribution in [0, 0.1) is 0 Å². The van der Waals surface area contributed by atoms with E-state index < -0.39 is 0 Å². The Balaban J connectivity index is 2.74. The third kappa shape index (κ3) is 4.05. The van der Waals surface area contributed by atoms with Gasteiger partial charge in [-0.25, -0.2) is 0 Å². The Morgan fingerprint density at radius 2 is 2.27 bits per heavy atom. The highest BCUT2D eigenvalue weighted by molar-refractivity contribution is 9.10. The van der Waals surface area contributed by atoms with Gasteiger partial charge in [-0.2, -0.15) is 11.8 Å². The van der Waals surface area contributed by atoms with Gasteiger partial charge in [0.2, 0.25) is 0 Å². The molecular weight excluding hydrogens is 274 g/mol. The first-order chi connectivity index (χ1) is 7.17. The van der Waals surface area contributed by atoms with E-state index in [2.05, 4.69) is 22.2 Å². The molecule has 1 atom stereocenters. The SMILES string of the molecule is COc1ccc(Br)c(CC(N)CSC)c1. The molecule has 0 aromatic heterocycles. The van der Waals surface area contributed by atoms with Crippen LogP contribution < -0.4 is 10.5 Å². The van der Waals surface area contributed by atoms with E-state index in [1.54, 1.807) is 18.9 Å². The zero-order valence-electron chi connectivity index (χ0n) is 9.00. The van der Waals surface area contributed by atoms with Crippen molar-refractivity contribution < 1.29 is 4.74 Å². The van der Waals surface area contributed by atoms with Crippen LogP contribution in [0.2, 0.25) is 0 Å². The fourth-order valence-corrected chi connectivity index (χ4v) is 2.34. The van der Waals surface area contributed by atoms with Gasteiger partial charge in [0.05, 0.1) is 7.11 Å². The fourth-order valence-electron chi connectivity index (χ4n) is 1.39. The van der Waals surface area contributed by atoms with Gasteiger partial charge in [0.25, 0.3) is 0 Å². The van der Waals surface area contributed by atoms with Crippen molar-refractivity contribution in [2.75, 3.05) is 19.1 Å². The quantitative estimate of drug-likeness (QED) is 0.905. The highest BCUT2D eigenvalue weighted by atomic mass is 79.9. The molecule has 0 spiro atoms. The molecule has 1 rings (SSSR count). The second-order valence-corrected chi connectivity index (χ2v) is 5.14. The summed E-state index contributed by atoms with van der Waals surface area (Å²) in [6.07, 6.45) is 2.94. The van der Waals surface area contributed by atoms with Crippen LogP contribution in [0.3, 0.4) is 0 Å². The Bertz CT molecular complexity index is 319. The van der Waals surface area contributed by atoms with Crippen molar-refractivity contribution in [2.45, 2.75) is 12.5 Å². The summed E-state index contributed by atoms with van der Waals surface area (Å²) in [6, 6.07) is 6.17. The lowest BCUT2D eigenvalue weighted by molar-refractivity contribution is 0.414. The molecule has 1 aromatic carbocycles. The van der Waals surface area contributed by atoms with Gasteiger partial charge in [0.15, 0.2) is 0 Å². The number of hydrogen-bond acceptors (Lipinski definition) is 3. The third-order valence-electron chi connectivity index (χ3n) is 2.12. The molecule has 2 nitrogen and oxygen atoms in total. The molecule has 0 aliphatic carbocycles. The van der Waals surface area contributed by atoms with E-state index in [9.17, 15) is 0 Å². The minimum atomic E-state index is 0.198. The van der Waals surface area contributed by atoms with Gasteiger partial charge in [0, 0.05) is 16.3 Å². The lowest BCUT2D eigenvalue weighted by Gasteiger charge is -2.12. The van der Waals surface area contributed by atoms with E-state index in [0.29, 0.717) is 0 Å². The maximum absolute atomic E-state index is 5.99. The number of nitrogens with two attached hydrogens (primary N) is 1. The van der Waals surface area contributed by atoms with Gasteiger partial charge >= 0.3 is 0 Å². The van der Waals surface area contributed by atoms with E-state index in [4.69, 9.17) is 10.5 Å². The second kappa shape index (κ2) is 6.40.